The number of halogens is 1. The second-order valence-corrected chi connectivity index (χ2v) is 5.05. The van der Waals surface area contributed by atoms with E-state index in [0.29, 0.717) is 0 Å². The van der Waals surface area contributed by atoms with Crippen LogP contribution in [0.15, 0.2) is 0 Å². The summed E-state index contributed by atoms with van der Waals surface area (Å²) in [5, 5.41) is 0. The molecule has 0 saturated heterocycles. The van der Waals surface area contributed by atoms with Crippen molar-refractivity contribution in [3.8, 4) is 0 Å². The van der Waals surface area contributed by atoms with E-state index in [4.69, 9.17) is 17.3 Å². The van der Waals surface area contributed by atoms with Crippen molar-refractivity contribution >= 4 is 11.6 Å². The van der Waals surface area contributed by atoms with Crippen molar-refractivity contribution < 1.29 is 0 Å². The Labute approximate surface area is 101 Å². The highest BCUT2D eigenvalue weighted by Gasteiger charge is 1.96. The molecule has 1 unspecified atom stereocenters. The molecule has 0 fully saturated rings. The summed E-state index contributed by atoms with van der Waals surface area (Å²) in [6.45, 7) is 2.27. The molecule has 0 aromatic carbocycles. The average molecular weight is 234 g/mol. The van der Waals surface area contributed by atoms with Crippen molar-refractivity contribution in [3.63, 3.8) is 0 Å². The van der Waals surface area contributed by atoms with E-state index in [1.807, 2.05) is 0 Å². The topological polar surface area (TPSA) is 26.0 Å². The second-order valence-electron chi connectivity index (χ2n) is 4.49. The Kier molecular flexibility index (Phi) is 12.5. The van der Waals surface area contributed by atoms with E-state index < -0.39 is 0 Å². The lowest BCUT2D eigenvalue weighted by atomic mass is 10.1. The number of alkyl halides is 1. The maximum atomic E-state index is 5.67. The van der Waals surface area contributed by atoms with Gasteiger partial charge in [0.1, 0.15) is 0 Å². The average Bonchev–Trinajstić information content (AvgIpc) is 2.20. The Morgan fingerprint density at radius 2 is 1.20 bits per heavy atom. The van der Waals surface area contributed by atoms with Gasteiger partial charge in [-0.2, -0.15) is 0 Å². The zero-order chi connectivity index (χ0) is 11.4. The molecular weight excluding hydrogens is 206 g/mol. The third-order valence-electron chi connectivity index (χ3n) is 2.83. The van der Waals surface area contributed by atoms with Crippen LogP contribution >= 0.6 is 11.6 Å². The minimum atomic E-state index is -0.126. The second kappa shape index (κ2) is 12.3. The van der Waals surface area contributed by atoms with Crippen LogP contribution in [0.5, 0.6) is 0 Å². The van der Waals surface area contributed by atoms with Crippen molar-refractivity contribution in [2.75, 3.05) is 0 Å². The highest BCUT2D eigenvalue weighted by atomic mass is 35.5. The number of unbranched alkanes of at least 4 members (excludes halogenated alkanes) is 9. The maximum Gasteiger partial charge on any atom is 0.0800 e. The third-order valence-corrected chi connectivity index (χ3v) is 3.05. The van der Waals surface area contributed by atoms with Gasteiger partial charge in [-0.05, 0) is 6.42 Å². The van der Waals surface area contributed by atoms with Gasteiger partial charge in [-0.25, -0.2) is 0 Å². The first-order valence-electron chi connectivity index (χ1n) is 6.67. The smallest absolute Gasteiger partial charge is 0.0800 e. The van der Waals surface area contributed by atoms with Crippen LogP contribution in [0.2, 0.25) is 0 Å². The molecule has 1 nitrogen and oxygen atoms in total. The zero-order valence-corrected chi connectivity index (χ0v) is 11.1. The molecule has 1 atom stereocenters. The molecule has 0 aromatic heterocycles. The Balaban J connectivity index is 2.87. The first-order valence-corrected chi connectivity index (χ1v) is 7.10. The van der Waals surface area contributed by atoms with Crippen LogP contribution in [0, 0.1) is 0 Å². The molecule has 0 aromatic rings. The minimum absolute atomic E-state index is 0.126. The molecule has 15 heavy (non-hydrogen) atoms. The van der Waals surface area contributed by atoms with Gasteiger partial charge in [0.05, 0.1) is 5.50 Å². The molecule has 0 spiro atoms. The monoisotopic (exact) mass is 233 g/mol. The molecule has 0 amide bonds. The standard InChI is InChI=1S/C13H28ClN/c1-2-3-4-5-6-7-8-9-10-11-12-13(14)15/h13H,2-12,15H2,1H3. The third kappa shape index (κ3) is 14.2. The number of rotatable bonds is 11. The highest BCUT2D eigenvalue weighted by molar-refractivity contribution is 6.20. The van der Waals surface area contributed by atoms with Gasteiger partial charge in [0.25, 0.3) is 0 Å². The molecule has 2 heteroatoms. The fourth-order valence-electron chi connectivity index (χ4n) is 1.83. The first-order chi connectivity index (χ1) is 7.27. The molecular formula is C13H28ClN. The van der Waals surface area contributed by atoms with Crippen LogP contribution in [-0.2, 0) is 0 Å². The molecule has 0 radical (unpaired) electrons. The lowest BCUT2D eigenvalue weighted by molar-refractivity contribution is 0.547. The molecule has 0 heterocycles. The van der Waals surface area contributed by atoms with Crippen LogP contribution in [-0.4, -0.2) is 5.50 Å². The fraction of sp³-hybridized carbons (Fsp3) is 1.00. The summed E-state index contributed by atoms with van der Waals surface area (Å²) in [6.07, 6.45) is 14.7. The molecule has 2 N–H and O–H groups in total. The lowest BCUT2D eigenvalue weighted by Crippen LogP contribution is -2.10. The molecule has 0 aliphatic carbocycles. The van der Waals surface area contributed by atoms with Crippen molar-refractivity contribution in [2.24, 2.45) is 5.73 Å². The first kappa shape index (κ1) is 15.2. The summed E-state index contributed by atoms with van der Waals surface area (Å²) in [5.74, 6) is 0. The van der Waals surface area contributed by atoms with Crippen LogP contribution < -0.4 is 5.73 Å². The van der Waals surface area contributed by atoms with Gasteiger partial charge in [-0.15, -0.1) is 11.6 Å². The molecule has 0 aliphatic heterocycles. The minimum Gasteiger partial charge on any atom is -0.315 e. The normalized spacial score (nSPS) is 13.0. The number of hydrogen-bond acceptors (Lipinski definition) is 1. The lowest BCUT2D eigenvalue weighted by Gasteiger charge is -2.03. The van der Waals surface area contributed by atoms with Crippen LogP contribution in [0.4, 0.5) is 0 Å². The number of hydrogen-bond donors (Lipinski definition) is 1. The SMILES string of the molecule is CCCCCCCCCCCCC(N)Cl. The summed E-state index contributed by atoms with van der Waals surface area (Å²) in [7, 11) is 0. The van der Waals surface area contributed by atoms with Gasteiger partial charge in [-0.1, -0.05) is 71.1 Å². The molecule has 0 bridgehead atoms. The summed E-state index contributed by atoms with van der Waals surface area (Å²) in [4.78, 5) is 0. The summed E-state index contributed by atoms with van der Waals surface area (Å²) in [5.41, 5.74) is 5.34. The van der Waals surface area contributed by atoms with E-state index in [-0.39, 0.29) is 5.50 Å². The quantitative estimate of drug-likeness (QED) is 0.309. The van der Waals surface area contributed by atoms with Crippen molar-refractivity contribution in [3.05, 3.63) is 0 Å². The Bertz CT molecular complexity index is 115. The van der Waals surface area contributed by atoms with Gasteiger partial charge >= 0.3 is 0 Å². The van der Waals surface area contributed by atoms with E-state index in [1.54, 1.807) is 0 Å². The van der Waals surface area contributed by atoms with Gasteiger partial charge in [0.2, 0.25) is 0 Å². The van der Waals surface area contributed by atoms with Crippen LogP contribution in [0.1, 0.15) is 77.6 Å². The predicted molar refractivity (Wildman–Crippen MR) is 70.3 cm³/mol. The molecule has 0 saturated carbocycles. The summed E-state index contributed by atoms with van der Waals surface area (Å²) >= 11 is 5.67. The van der Waals surface area contributed by atoms with Crippen molar-refractivity contribution in [2.45, 2.75) is 83.1 Å². The van der Waals surface area contributed by atoms with Crippen LogP contribution in [0.25, 0.3) is 0 Å². The van der Waals surface area contributed by atoms with E-state index in [2.05, 4.69) is 6.92 Å². The molecule has 0 rings (SSSR count). The Morgan fingerprint density at radius 1 is 0.800 bits per heavy atom. The van der Waals surface area contributed by atoms with Crippen molar-refractivity contribution in [1.29, 1.82) is 0 Å². The summed E-state index contributed by atoms with van der Waals surface area (Å²) < 4.78 is 0. The van der Waals surface area contributed by atoms with E-state index in [0.717, 1.165) is 6.42 Å². The molecule has 0 aliphatic rings. The summed E-state index contributed by atoms with van der Waals surface area (Å²) in [6, 6.07) is 0. The van der Waals surface area contributed by atoms with Gasteiger partial charge in [0.15, 0.2) is 0 Å². The Hall–Kier alpha value is 0.250. The zero-order valence-electron chi connectivity index (χ0n) is 10.3. The van der Waals surface area contributed by atoms with Crippen molar-refractivity contribution in [1.82, 2.24) is 0 Å². The number of nitrogens with two attached hydrogens (primary N) is 1. The largest absolute Gasteiger partial charge is 0.315 e. The van der Waals surface area contributed by atoms with Crippen LogP contribution in [0.3, 0.4) is 0 Å². The van der Waals surface area contributed by atoms with E-state index in [9.17, 15) is 0 Å². The van der Waals surface area contributed by atoms with Gasteiger partial charge in [-0.3, -0.25) is 0 Å². The highest BCUT2D eigenvalue weighted by Crippen LogP contribution is 2.12. The maximum absolute atomic E-state index is 5.67. The van der Waals surface area contributed by atoms with Gasteiger partial charge in [0, 0.05) is 0 Å². The Morgan fingerprint density at radius 3 is 1.60 bits per heavy atom. The van der Waals surface area contributed by atoms with E-state index >= 15 is 0 Å². The van der Waals surface area contributed by atoms with Gasteiger partial charge < -0.3 is 5.73 Å². The van der Waals surface area contributed by atoms with E-state index in [1.165, 1.54) is 64.2 Å². The predicted octanol–water partition coefficient (Wildman–Crippen LogP) is 4.82. The molecule has 92 valence electrons. The fourth-order valence-corrected chi connectivity index (χ4v) is 1.98.